The Balaban J connectivity index is 2.29. The fourth-order valence-electron chi connectivity index (χ4n) is 1.27. The monoisotopic (exact) mass is 130 g/mol. The Labute approximate surface area is 55.5 Å². The van der Waals surface area contributed by atoms with E-state index in [1.807, 2.05) is 6.92 Å². The van der Waals surface area contributed by atoms with Gasteiger partial charge >= 0.3 is 0 Å². The van der Waals surface area contributed by atoms with Gasteiger partial charge in [0.25, 0.3) is 0 Å². The van der Waals surface area contributed by atoms with Gasteiger partial charge in [-0.2, -0.15) is 0 Å². The van der Waals surface area contributed by atoms with Crippen molar-refractivity contribution in [3.8, 4) is 0 Å². The molecule has 1 aliphatic carbocycles. The van der Waals surface area contributed by atoms with Crippen molar-refractivity contribution in [3.05, 3.63) is 0 Å². The summed E-state index contributed by atoms with van der Waals surface area (Å²) in [6.07, 6.45) is 1.03. The lowest BCUT2D eigenvalue weighted by atomic mass is 10.1. The van der Waals surface area contributed by atoms with E-state index >= 15 is 0 Å². The molecule has 0 radical (unpaired) electrons. The number of rotatable bonds is 2. The van der Waals surface area contributed by atoms with E-state index in [4.69, 9.17) is 5.11 Å². The number of hydrogen-bond acceptors (Lipinski definition) is 2. The van der Waals surface area contributed by atoms with Crippen LogP contribution >= 0.6 is 0 Å². The normalized spacial score (nSPS) is 44.7. The number of aliphatic hydroxyl groups excluding tert-OH is 1. The van der Waals surface area contributed by atoms with E-state index in [0.717, 1.165) is 6.42 Å². The van der Waals surface area contributed by atoms with Crippen molar-refractivity contribution in [2.45, 2.75) is 38.4 Å². The van der Waals surface area contributed by atoms with Gasteiger partial charge in [0.15, 0.2) is 0 Å². The fraction of sp³-hybridized carbons (Fsp3) is 1.00. The van der Waals surface area contributed by atoms with E-state index in [1.54, 1.807) is 6.92 Å². The summed E-state index contributed by atoms with van der Waals surface area (Å²) >= 11 is 0. The molecule has 0 aromatic rings. The van der Waals surface area contributed by atoms with Crippen LogP contribution in [0.2, 0.25) is 0 Å². The Morgan fingerprint density at radius 3 is 2.33 bits per heavy atom. The minimum atomic E-state index is -0.520. The first-order valence-electron chi connectivity index (χ1n) is 3.45. The Morgan fingerprint density at radius 2 is 2.22 bits per heavy atom. The molecule has 0 bridgehead atoms. The minimum Gasteiger partial charge on any atom is -0.393 e. The molecule has 1 aliphatic rings. The van der Waals surface area contributed by atoms with Crippen molar-refractivity contribution < 1.29 is 10.2 Å². The zero-order valence-corrected chi connectivity index (χ0v) is 5.96. The van der Waals surface area contributed by atoms with Gasteiger partial charge in [-0.15, -0.1) is 0 Å². The van der Waals surface area contributed by atoms with E-state index in [9.17, 15) is 5.11 Å². The summed E-state index contributed by atoms with van der Waals surface area (Å²) < 4.78 is 0. The minimum absolute atomic E-state index is 0.361. The van der Waals surface area contributed by atoms with Crippen molar-refractivity contribution in [2.75, 3.05) is 0 Å². The smallest absolute Gasteiger partial charge is 0.0702 e. The van der Waals surface area contributed by atoms with Gasteiger partial charge in [0, 0.05) is 6.42 Å². The first kappa shape index (κ1) is 7.03. The van der Waals surface area contributed by atoms with Gasteiger partial charge in [0.2, 0.25) is 0 Å². The molecule has 1 saturated carbocycles. The summed E-state index contributed by atoms with van der Waals surface area (Å²) in [5, 5.41) is 18.3. The highest BCUT2D eigenvalue weighted by atomic mass is 16.3. The molecule has 2 nitrogen and oxygen atoms in total. The third-order valence-electron chi connectivity index (χ3n) is 2.07. The maximum Gasteiger partial charge on any atom is 0.0702 e. The van der Waals surface area contributed by atoms with Crippen molar-refractivity contribution in [1.29, 1.82) is 0 Å². The van der Waals surface area contributed by atoms with Gasteiger partial charge < -0.3 is 10.2 Å². The van der Waals surface area contributed by atoms with E-state index in [2.05, 4.69) is 0 Å². The second-order valence-electron chi connectivity index (χ2n) is 3.26. The van der Waals surface area contributed by atoms with E-state index in [-0.39, 0.29) is 6.10 Å². The second kappa shape index (κ2) is 1.96. The topological polar surface area (TPSA) is 40.5 Å². The lowest BCUT2D eigenvalue weighted by Gasteiger charge is -2.09. The average molecular weight is 130 g/mol. The molecule has 2 heteroatoms. The molecular weight excluding hydrogens is 116 g/mol. The van der Waals surface area contributed by atoms with Crippen molar-refractivity contribution >= 4 is 0 Å². The summed E-state index contributed by atoms with van der Waals surface area (Å²) in [4.78, 5) is 0. The lowest BCUT2D eigenvalue weighted by Crippen LogP contribution is -2.17. The molecule has 9 heavy (non-hydrogen) atoms. The first-order chi connectivity index (χ1) is 4.04. The van der Waals surface area contributed by atoms with Crippen molar-refractivity contribution in [2.24, 2.45) is 5.92 Å². The van der Waals surface area contributed by atoms with Crippen LogP contribution in [0, 0.1) is 5.92 Å². The molecular formula is C7H14O2. The Bertz CT molecular complexity index is 111. The van der Waals surface area contributed by atoms with Gasteiger partial charge in [0.1, 0.15) is 0 Å². The van der Waals surface area contributed by atoms with Crippen LogP contribution in [0.1, 0.15) is 26.7 Å². The molecule has 0 spiro atoms. The summed E-state index contributed by atoms with van der Waals surface area (Å²) in [7, 11) is 0. The molecule has 1 rings (SSSR count). The molecule has 2 N–H and O–H groups in total. The van der Waals surface area contributed by atoms with Gasteiger partial charge in [-0.1, -0.05) is 6.92 Å². The van der Waals surface area contributed by atoms with Gasteiger partial charge in [-0.05, 0) is 19.3 Å². The van der Waals surface area contributed by atoms with Crippen LogP contribution < -0.4 is 0 Å². The van der Waals surface area contributed by atoms with Crippen LogP contribution in [0.15, 0.2) is 0 Å². The third kappa shape index (κ3) is 1.43. The highest BCUT2D eigenvalue weighted by Gasteiger charge is 2.49. The van der Waals surface area contributed by atoms with Crippen LogP contribution in [-0.2, 0) is 0 Å². The van der Waals surface area contributed by atoms with Crippen LogP contribution in [0.3, 0.4) is 0 Å². The standard InChI is InChI=1S/C7H14O2/c1-5-3-7(5,9)4-6(2)8/h5-6,8-9H,3-4H2,1-2H3. The molecule has 1 fully saturated rings. The van der Waals surface area contributed by atoms with Gasteiger partial charge in [0.05, 0.1) is 11.7 Å². The molecule has 0 heterocycles. The van der Waals surface area contributed by atoms with E-state index in [1.165, 1.54) is 0 Å². The largest absolute Gasteiger partial charge is 0.393 e. The molecule has 0 aromatic carbocycles. The molecule has 3 atom stereocenters. The first-order valence-corrected chi connectivity index (χ1v) is 3.45. The second-order valence-corrected chi connectivity index (χ2v) is 3.26. The average Bonchev–Trinajstić information content (AvgIpc) is 2.10. The van der Waals surface area contributed by atoms with Gasteiger partial charge in [-0.3, -0.25) is 0 Å². The Kier molecular flexibility index (Phi) is 1.53. The maximum absolute atomic E-state index is 9.41. The summed E-state index contributed by atoms with van der Waals surface area (Å²) in [6, 6.07) is 0. The third-order valence-corrected chi connectivity index (χ3v) is 2.07. The fourth-order valence-corrected chi connectivity index (χ4v) is 1.27. The Morgan fingerprint density at radius 1 is 1.78 bits per heavy atom. The SMILES string of the molecule is CC(O)CC1(O)CC1C. The summed E-state index contributed by atoms with van der Waals surface area (Å²) in [6.45, 7) is 3.71. The highest BCUT2D eigenvalue weighted by Crippen LogP contribution is 2.46. The molecule has 0 saturated heterocycles. The molecule has 0 amide bonds. The molecule has 3 unspecified atom stereocenters. The zero-order chi connectivity index (χ0) is 7.07. The lowest BCUT2D eigenvalue weighted by molar-refractivity contribution is 0.0634. The predicted octanol–water partition coefficient (Wildman–Crippen LogP) is 0.528. The van der Waals surface area contributed by atoms with Crippen LogP contribution in [0.25, 0.3) is 0 Å². The van der Waals surface area contributed by atoms with E-state index in [0.29, 0.717) is 12.3 Å². The highest BCUT2D eigenvalue weighted by molar-refractivity contribution is 5.01. The van der Waals surface area contributed by atoms with Crippen molar-refractivity contribution in [3.63, 3.8) is 0 Å². The summed E-state index contributed by atoms with van der Waals surface area (Å²) in [5.41, 5.74) is -0.520. The molecule has 0 aromatic heterocycles. The zero-order valence-electron chi connectivity index (χ0n) is 5.96. The van der Waals surface area contributed by atoms with Gasteiger partial charge in [-0.25, -0.2) is 0 Å². The number of aliphatic hydroxyl groups is 2. The summed E-state index contributed by atoms with van der Waals surface area (Å²) in [5.74, 6) is 0.395. The predicted molar refractivity (Wildman–Crippen MR) is 35.0 cm³/mol. The van der Waals surface area contributed by atoms with Crippen LogP contribution in [0.4, 0.5) is 0 Å². The molecule has 54 valence electrons. The van der Waals surface area contributed by atoms with Crippen LogP contribution in [-0.4, -0.2) is 21.9 Å². The molecule has 0 aliphatic heterocycles. The van der Waals surface area contributed by atoms with E-state index < -0.39 is 5.60 Å². The maximum atomic E-state index is 9.41. The number of hydrogen-bond donors (Lipinski definition) is 2. The van der Waals surface area contributed by atoms with Crippen LogP contribution in [0.5, 0.6) is 0 Å². The van der Waals surface area contributed by atoms with Crippen molar-refractivity contribution in [1.82, 2.24) is 0 Å². The quantitative estimate of drug-likeness (QED) is 0.572. The Hall–Kier alpha value is -0.0800.